The molecule has 0 unspecified atom stereocenters. The van der Waals surface area contributed by atoms with E-state index in [1.54, 1.807) is 23.5 Å². The Kier molecular flexibility index (Phi) is 6.93. The molecule has 0 radical (unpaired) electrons. The van der Waals surface area contributed by atoms with Crippen molar-refractivity contribution in [2.24, 2.45) is 5.73 Å². The van der Waals surface area contributed by atoms with Gasteiger partial charge in [0.2, 0.25) is 5.91 Å². The Balaban J connectivity index is 1.56. The van der Waals surface area contributed by atoms with E-state index in [9.17, 15) is 13.6 Å². The van der Waals surface area contributed by atoms with Gasteiger partial charge < -0.3 is 11.1 Å². The van der Waals surface area contributed by atoms with Crippen molar-refractivity contribution in [3.8, 4) is 10.4 Å². The number of primary amides is 1. The van der Waals surface area contributed by atoms with Gasteiger partial charge in [0.05, 0.1) is 17.0 Å². The van der Waals surface area contributed by atoms with Crippen LogP contribution in [0.1, 0.15) is 35.2 Å². The summed E-state index contributed by atoms with van der Waals surface area (Å²) >= 11 is 1.57. The number of nitrogens with zero attached hydrogens (tertiary/aromatic N) is 1. The second-order valence-corrected chi connectivity index (χ2v) is 7.85. The molecule has 29 heavy (non-hydrogen) atoms. The number of carbonyl (C=O) groups excluding carboxylic acids is 1. The van der Waals surface area contributed by atoms with E-state index in [1.165, 1.54) is 12.1 Å². The highest BCUT2D eigenvalue weighted by Gasteiger charge is 2.11. The molecule has 152 valence electrons. The summed E-state index contributed by atoms with van der Waals surface area (Å²) in [6.07, 6.45) is -0.529. The zero-order valence-corrected chi connectivity index (χ0v) is 16.9. The number of aromatic nitrogens is 1. The highest BCUT2D eigenvalue weighted by atomic mass is 32.1. The normalized spacial score (nSPS) is 11.0. The van der Waals surface area contributed by atoms with Crippen molar-refractivity contribution in [3.05, 3.63) is 70.9 Å². The summed E-state index contributed by atoms with van der Waals surface area (Å²) < 4.78 is 25.2. The number of nitrogens with two attached hydrogens (primary N) is 1. The van der Waals surface area contributed by atoms with Crippen LogP contribution in [0.4, 0.5) is 13.9 Å². The molecule has 3 aromatic rings. The highest BCUT2D eigenvalue weighted by molar-refractivity contribution is 7.19. The van der Waals surface area contributed by atoms with Gasteiger partial charge in [-0.3, -0.25) is 4.79 Å². The summed E-state index contributed by atoms with van der Waals surface area (Å²) in [5.41, 5.74) is 9.21. The number of hydrogen-bond donors (Lipinski definition) is 2. The van der Waals surface area contributed by atoms with Crippen LogP contribution in [-0.4, -0.2) is 17.4 Å². The van der Waals surface area contributed by atoms with Crippen molar-refractivity contribution >= 4 is 22.4 Å². The van der Waals surface area contributed by atoms with Crippen molar-refractivity contribution < 1.29 is 13.6 Å². The van der Waals surface area contributed by atoms with Gasteiger partial charge in [-0.05, 0) is 42.5 Å². The van der Waals surface area contributed by atoms with Gasteiger partial charge in [-0.15, -0.1) is 0 Å². The first-order valence-electron chi connectivity index (χ1n) is 9.38. The largest absolute Gasteiger partial charge is 0.369 e. The van der Waals surface area contributed by atoms with E-state index in [4.69, 9.17) is 5.73 Å². The summed E-state index contributed by atoms with van der Waals surface area (Å²) in [7, 11) is 0. The Hall–Kier alpha value is -2.80. The Morgan fingerprint density at radius 3 is 2.62 bits per heavy atom. The molecule has 3 rings (SSSR count). The standard InChI is InChI=1S/C22H23F2N3OS/c1-14-20(18-6-2-4-16(12-18)13-19(25)28)29-22(27-14)26-11-3-5-15-7-9-17(10-8-15)21(23)24/h2,4,6-10,12,21H,3,5,11,13H2,1H3,(H2,25,28)(H,26,27). The number of anilines is 1. The molecule has 0 fully saturated rings. The topological polar surface area (TPSA) is 68.0 Å². The minimum absolute atomic E-state index is 0.0533. The van der Waals surface area contributed by atoms with Crippen LogP contribution in [0, 0.1) is 6.92 Å². The molecule has 4 nitrogen and oxygen atoms in total. The third-order valence-electron chi connectivity index (χ3n) is 4.51. The second-order valence-electron chi connectivity index (χ2n) is 6.85. The van der Waals surface area contributed by atoms with Crippen LogP contribution < -0.4 is 11.1 Å². The van der Waals surface area contributed by atoms with Gasteiger partial charge in [0.15, 0.2) is 5.13 Å². The average Bonchev–Trinajstić information content (AvgIpc) is 3.06. The predicted molar refractivity (Wildman–Crippen MR) is 113 cm³/mol. The molecule has 2 aromatic carbocycles. The first-order chi connectivity index (χ1) is 13.9. The van der Waals surface area contributed by atoms with Crippen LogP contribution in [0.15, 0.2) is 48.5 Å². The number of hydrogen-bond acceptors (Lipinski definition) is 4. The van der Waals surface area contributed by atoms with Gasteiger partial charge in [0.25, 0.3) is 6.43 Å². The number of nitrogens with one attached hydrogen (secondary N) is 1. The Morgan fingerprint density at radius 2 is 1.93 bits per heavy atom. The van der Waals surface area contributed by atoms with Crippen molar-refractivity contribution in [1.82, 2.24) is 4.98 Å². The molecule has 0 aliphatic carbocycles. The lowest BCUT2D eigenvalue weighted by Gasteiger charge is -2.05. The summed E-state index contributed by atoms with van der Waals surface area (Å²) in [5.74, 6) is -0.352. The average molecular weight is 416 g/mol. The maximum atomic E-state index is 12.6. The van der Waals surface area contributed by atoms with Crippen molar-refractivity contribution in [1.29, 1.82) is 0 Å². The van der Waals surface area contributed by atoms with Gasteiger partial charge in [0.1, 0.15) is 0 Å². The van der Waals surface area contributed by atoms with Crippen molar-refractivity contribution in [3.63, 3.8) is 0 Å². The predicted octanol–water partition coefficient (Wildman–Crippen LogP) is 5.13. The van der Waals surface area contributed by atoms with Gasteiger partial charge in [-0.25, -0.2) is 13.8 Å². The molecular formula is C22H23F2N3OS. The van der Waals surface area contributed by atoms with E-state index in [0.29, 0.717) is 0 Å². The number of carbonyl (C=O) groups is 1. The number of rotatable bonds is 9. The highest BCUT2D eigenvalue weighted by Crippen LogP contribution is 2.33. The van der Waals surface area contributed by atoms with Crippen LogP contribution in [-0.2, 0) is 17.6 Å². The third kappa shape index (κ3) is 5.84. The van der Waals surface area contributed by atoms with Crippen LogP contribution in [0.3, 0.4) is 0 Å². The molecule has 0 spiro atoms. The lowest BCUT2D eigenvalue weighted by Crippen LogP contribution is -2.13. The molecule has 1 aromatic heterocycles. The number of alkyl halides is 2. The first kappa shape index (κ1) is 20.9. The van der Waals surface area contributed by atoms with Crippen LogP contribution in [0.25, 0.3) is 10.4 Å². The second kappa shape index (κ2) is 9.60. The number of benzene rings is 2. The zero-order chi connectivity index (χ0) is 20.8. The van der Waals surface area contributed by atoms with E-state index in [-0.39, 0.29) is 17.9 Å². The Morgan fingerprint density at radius 1 is 1.17 bits per heavy atom. The summed E-state index contributed by atoms with van der Waals surface area (Å²) in [6.45, 7) is 2.70. The van der Waals surface area contributed by atoms with Gasteiger partial charge in [-0.2, -0.15) is 0 Å². The zero-order valence-electron chi connectivity index (χ0n) is 16.1. The van der Waals surface area contributed by atoms with Crippen LogP contribution >= 0.6 is 11.3 Å². The molecular weight excluding hydrogens is 392 g/mol. The molecule has 0 aliphatic rings. The van der Waals surface area contributed by atoms with E-state index < -0.39 is 6.43 Å². The van der Waals surface area contributed by atoms with Gasteiger partial charge >= 0.3 is 0 Å². The van der Waals surface area contributed by atoms with Crippen LogP contribution in [0.5, 0.6) is 0 Å². The number of thiazole rings is 1. The maximum absolute atomic E-state index is 12.6. The number of halogens is 2. The maximum Gasteiger partial charge on any atom is 0.263 e. The molecule has 3 N–H and O–H groups in total. The molecule has 0 bridgehead atoms. The monoisotopic (exact) mass is 415 g/mol. The SMILES string of the molecule is Cc1nc(NCCCc2ccc(C(F)F)cc2)sc1-c1cccc(CC(N)=O)c1. The van der Waals surface area contributed by atoms with Gasteiger partial charge in [0, 0.05) is 12.1 Å². The molecule has 1 heterocycles. The Labute approximate surface area is 172 Å². The quantitative estimate of drug-likeness (QED) is 0.476. The minimum Gasteiger partial charge on any atom is -0.369 e. The molecule has 0 saturated heterocycles. The van der Waals surface area contributed by atoms with Gasteiger partial charge in [-0.1, -0.05) is 53.8 Å². The fraction of sp³-hybridized carbons (Fsp3) is 0.273. The number of amides is 1. The van der Waals surface area contributed by atoms with Crippen molar-refractivity contribution in [2.45, 2.75) is 32.6 Å². The molecule has 1 amide bonds. The van der Waals surface area contributed by atoms with E-state index in [1.807, 2.05) is 31.2 Å². The molecule has 0 saturated carbocycles. The molecule has 0 aliphatic heterocycles. The van der Waals surface area contributed by atoms with E-state index in [2.05, 4.69) is 10.3 Å². The third-order valence-corrected chi connectivity index (χ3v) is 5.68. The fourth-order valence-corrected chi connectivity index (χ4v) is 4.07. The van der Waals surface area contributed by atoms with E-state index >= 15 is 0 Å². The first-order valence-corrected chi connectivity index (χ1v) is 10.2. The molecule has 0 atom stereocenters. The Bertz CT molecular complexity index is 970. The van der Waals surface area contributed by atoms with E-state index in [0.717, 1.165) is 51.8 Å². The van der Waals surface area contributed by atoms with Crippen molar-refractivity contribution in [2.75, 3.05) is 11.9 Å². The summed E-state index contributed by atoms with van der Waals surface area (Å²) in [4.78, 5) is 16.8. The minimum atomic E-state index is -2.43. The number of aryl methyl sites for hydroxylation is 2. The lowest BCUT2D eigenvalue weighted by atomic mass is 10.1. The lowest BCUT2D eigenvalue weighted by molar-refractivity contribution is -0.117. The summed E-state index contributed by atoms with van der Waals surface area (Å²) in [6, 6.07) is 14.2. The molecule has 7 heteroatoms. The fourth-order valence-electron chi connectivity index (χ4n) is 3.08. The smallest absolute Gasteiger partial charge is 0.263 e. The van der Waals surface area contributed by atoms with Crippen LogP contribution in [0.2, 0.25) is 0 Å². The summed E-state index contributed by atoms with van der Waals surface area (Å²) in [5, 5.41) is 4.17.